The molecular formula is C21H24ClNO4S. The highest BCUT2D eigenvalue weighted by Gasteiger charge is 2.29. The lowest BCUT2D eigenvalue weighted by molar-refractivity contribution is -0.122. The Morgan fingerprint density at radius 1 is 1.36 bits per heavy atom. The number of anilines is 1. The van der Waals surface area contributed by atoms with Crippen molar-refractivity contribution in [2.75, 3.05) is 12.4 Å². The van der Waals surface area contributed by atoms with E-state index in [1.54, 1.807) is 19.1 Å². The van der Waals surface area contributed by atoms with Gasteiger partial charge in [-0.25, -0.2) is 4.79 Å². The van der Waals surface area contributed by atoms with Crippen molar-refractivity contribution in [2.45, 2.75) is 46.1 Å². The molecule has 2 atom stereocenters. The molecule has 5 nitrogen and oxygen atoms in total. The first-order chi connectivity index (χ1) is 13.3. The van der Waals surface area contributed by atoms with Crippen LogP contribution in [0.2, 0.25) is 5.02 Å². The number of amides is 1. The van der Waals surface area contributed by atoms with Crippen LogP contribution >= 0.6 is 22.9 Å². The lowest BCUT2D eigenvalue weighted by Crippen LogP contribution is -2.30. The average molecular weight is 422 g/mol. The quantitative estimate of drug-likeness (QED) is 0.688. The second kappa shape index (κ2) is 8.53. The number of ether oxygens (including phenoxy) is 2. The maximum absolute atomic E-state index is 12.7. The van der Waals surface area contributed by atoms with Crippen LogP contribution < -0.4 is 10.1 Å². The van der Waals surface area contributed by atoms with E-state index in [0.29, 0.717) is 27.3 Å². The van der Waals surface area contributed by atoms with Crippen molar-refractivity contribution in [3.8, 4) is 5.75 Å². The molecule has 2 aromatic rings. The largest absolute Gasteiger partial charge is 0.479 e. The smallest absolute Gasteiger partial charge is 0.341 e. The Morgan fingerprint density at radius 3 is 2.82 bits per heavy atom. The molecule has 0 saturated carbocycles. The molecule has 0 fully saturated rings. The zero-order valence-corrected chi connectivity index (χ0v) is 18.0. The summed E-state index contributed by atoms with van der Waals surface area (Å²) in [7, 11) is 1.36. The van der Waals surface area contributed by atoms with Gasteiger partial charge in [-0.05, 0) is 62.3 Å². The van der Waals surface area contributed by atoms with Crippen LogP contribution in [0.1, 0.15) is 46.6 Å². The van der Waals surface area contributed by atoms with Gasteiger partial charge in [0.1, 0.15) is 10.8 Å². The molecule has 0 saturated heterocycles. The van der Waals surface area contributed by atoms with E-state index >= 15 is 0 Å². The van der Waals surface area contributed by atoms with E-state index in [9.17, 15) is 9.59 Å². The number of halogens is 1. The van der Waals surface area contributed by atoms with Crippen LogP contribution in [0, 0.1) is 12.8 Å². The molecule has 1 aromatic heterocycles. The Morgan fingerprint density at radius 2 is 2.11 bits per heavy atom. The van der Waals surface area contributed by atoms with Gasteiger partial charge in [0.15, 0.2) is 6.10 Å². The molecule has 7 heteroatoms. The van der Waals surface area contributed by atoms with Crippen molar-refractivity contribution >= 4 is 39.8 Å². The van der Waals surface area contributed by atoms with Crippen molar-refractivity contribution in [1.82, 2.24) is 0 Å². The monoisotopic (exact) mass is 421 g/mol. The van der Waals surface area contributed by atoms with Crippen molar-refractivity contribution in [1.29, 1.82) is 0 Å². The first kappa shape index (κ1) is 20.7. The molecule has 3 rings (SSSR count). The van der Waals surface area contributed by atoms with Gasteiger partial charge in [-0.1, -0.05) is 24.6 Å². The lowest BCUT2D eigenvalue weighted by Gasteiger charge is -2.18. The van der Waals surface area contributed by atoms with Gasteiger partial charge >= 0.3 is 5.97 Å². The topological polar surface area (TPSA) is 64.6 Å². The highest BCUT2D eigenvalue weighted by molar-refractivity contribution is 7.17. The number of fused-ring (bicyclic) bond motifs is 1. The second-order valence-corrected chi connectivity index (χ2v) is 8.74. The van der Waals surface area contributed by atoms with Gasteiger partial charge in [-0.3, -0.25) is 4.79 Å². The van der Waals surface area contributed by atoms with Gasteiger partial charge in [0.25, 0.3) is 5.91 Å². The van der Waals surface area contributed by atoms with Crippen LogP contribution in [0.3, 0.4) is 0 Å². The Bertz CT molecular complexity index is 908. The summed E-state index contributed by atoms with van der Waals surface area (Å²) < 4.78 is 10.7. The molecule has 1 heterocycles. The van der Waals surface area contributed by atoms with Crippen LogP contribution in [0.15, 0.2) is 18.2 Å². The third kappa shape index (κ3) is 4.33. The molecule has 1 N–H and O–H groups in total. The zero-order valence-electron chi connectivity index (χ0n) is 16.4. The number of carbonyl (C=O) groups excluding carboxylic acids is 2. The number of hydrogen-bond acceptors (Lipinski definition) is 5. The summed E-state index contributed by atoms with van der Waals surface area (Å²) >= 11 is 7.61. The molecule has 150 valence electrons. The van der Waals surface area contributed by atoms with Crippen molar-refractivity contribution in [2.24, 2.45) is 5.92 Å². The van der Waals surface area contributed by atoms with Crippen molar-refractivity contribution in [3.05, 3.63) is 44.8 Å². The van der Waals surface area contributed by atoms with Gasteiger partial charge in [0, 0.05) is 4.88 Å². The molecule has 1 aliphatic carbocycles. The average Bonchev–Trinajstić information content (AvgIpc) is 3.00. The Kier molecular flexibility index (Phi) is 6.30. The Hall–Kier alpha value is -2.05. The van der Waals surface area contributed by atoms with E-state index < -0.39 is 12.1 Å². The number of carbonyl (C=O) groups is 2. The molecule has 0 radical (unpaired) electrons. The van der Waals surface area contributed by atoms with Crippen molar-refractivity contribution < 1.29 is 19.1 Å². The van der Waals surface area contributed by atoms with Gasteiger partial charge in [0.05, 0.1) is 17.7 Å². The lowest BCUT2D eigenvalue weighted by atomic mass is 9.88. The molecule has 1 aliphatic rings. The third-order valence-electron chi connectivity index (χ3n) is 4.90. The van der Waals surface area contributed by atoms with E-state index in [-0.39, 0.29) is 5.91 Å². The first-order valence-corrected chi connectivity index (χ1v) is 10.5. The molecule has 28 heavy (non-hydrogen) atoms. The standard InChI is InChI=1S/C21H24ClNO4S/c1-11-6-8-15(22)16(9-11)27-13(3)19(24)23-20-18(21(25)26-4)14-7-5-12(2)10-17(14)28-20/h6,8-9,12-13H,5,7,10H2,1-4H3,(H,23,24)/t12-,13+/m0/s1. The van der Waals surface area contributed by atoms with Crippen LogP contribution in [-0.2, 0) is 22.4 Å². The molecule has 0 bridgehead atoms. The summed E-state index contributed by atoms with van der Waals surface area (Å²) in [6, 6.07) is 5.40. The molecule has 0 aliphatic heterocycles. The SMILES string of the molecule is COC(=O)c1c(NC(=O)[C@@H](C)Oc2cc(C)ccc2Cl)sc2c1CC[C@H](C)C2. The maximum atomic E-state index is 12.7. The number of aryl methyl sites for hydroxylation is 1. The minimum atomic E-state index is -0.775. The Balaban J connectivity index is 1.81. The third-order valence-corrected chi connectivity index (χ3v) is 6.38. The highest BCUT2D eigenvalue weighted by atomic mass is 35.5. The van der Waals surface area contributed by atoms with E-state index in [0.717, 1.165) is 35.3 Å². The molecular weight excluding hydrogens is 398 g/mol. The summed E-state index contributed by atoms with van der Waals surface area (Å²) in [4.78, 5) is 26.2. The molecule has 1 amide bonds. The predicted molar refractivity (Wildman–Crippen MR) is 112 cm³/mol. The predicted octanol–water partition coefficient (Wildman–Crippen LogP) is 5.03. The first-order valence-electron chi connectivity index (χ1n) is 9.26. The number of nitrogens with one attached hydrogen (secondary N) is 1. The maximum Gasteiger partial charge on any atom is 0.341 e. The van der Waals surface area contributed by atoms with Gasteiger partial charge in [0.2, 0.25) is 0 Å². The summed E-state index contributed by atoms with van der Waals surface area (Å²) in [5.74, 6) is 0.259. The summed E-state index contributed by atoms with van der Waals surface area (Å²) in [5, 5.41) is 3.84. The Labute approximate surface area is 174 Å². The van der Waals surface area contributed by atoms with Crippen LogP contribution in [0.25, 0.3) is 0 Å². The van der Waals surface area contributed by atoms with Crippen LogP contribution in [-0.4, -0.2) is 25.1 Å². The van der Waals surface area contributed by atoms with E-state index in [1.807, 2.05) is 13.0 Å². The number of esters is 1. The number of rotatable bonds is 5. The zero-order chi connectivity index (χ0) is 20.4. The second-order valence-electron chi connectivity index (χ2n) is 7.23. The fraction of sp³-hybridized carbons (Fsp3) is 0.429. The van der Waals surface area contributed by atoms with Crippen LogP contribution in [0.4, 0.5) is 5.00 Å². The highest BCUT2D eigenvalue weighted by Crippen LogP contribution is 2.40. The minimum absolute atomic E-state index is 0.339. The summed E-state index contributed by atoms with van der Waals surface area (Å²) in [6.45, 7) is 5.77. The fourth-order valence-electron chi connectivity index (χ4n) is 3.32. The van der Waals surface area contributed by atoms with Gasteiger partial charge in [-0.2, -0.15) is 0 Å². The number of benzene rings is 1. The molecule has 1 aromatic carbocycles. The molecule has 0 unspecified atom stereocenters. The number of methoxy groups -OCH3 is 1. The number of thiophene rings is 1. The van der Waals surface area contributed by atoms with Crippen molar-refractivity contribution in [3.63, 3.8) is 0 Å². The molecule has 0 spiro atoms. The van der Waals surface area contributed by atoms with Crippen LogP contribution in [0.5, 0.6) is 5.75 Å². The minimum Gasteiger partial charge on any atom is -0.479 e. The van der Waals surface area contributed by atoms with Gasteiger partial charge < -0.3 is 14.8 Å². The number of hydrogen-bond donors (Lipinski definition) is 1. The summed E-state index contributed by atoms with van der Waals surface area (Å²) in [6.07, 6.45) is 1.97. The van der Waals surface area contributed by atoms with Gasteiger partial charge in [-0.15, -0.1) is 11.3 Å². The van der Waals surface area contributed by atoms with E-state index in [2.05, 4.69) is 12.2 Å². The normalized spacial score (nSPS) is 16.8. The van der Waals surface area contributed by atoms with E-state index in [4.69, 9.17) is 21.1 Å². The summed E-state index contributed by atoms with van der Waals surface area (Å²) in [5.41, 5.74) is 2.46. The van der Waals surface area contributed by atoms with E-state index in [1.165, 1.54) is 18.4 Å². The fourth-order valence-corrected chi connectivity index (χ4v) is 4.88.